The fourth-order valence-electron chi connectivity index (χ4n) is 3.17. The number of carbonyl (C=O) groups is 1. The van der Waals surface area contributed by atoms with Gasteiger partial charge in [-0.25, -0.2) is 0 Å². The van der Waals surface area contributed by atoms with Crippen molar-refractivity contribution >= 4 is 44.3 Å². The molecular formula is C18H14BrClN2O. The lowest BCUT2D eigenvalue weighted by Crippen LogP contribution is -2.35. The van der Waals surface area contributed by atoms with E-state index in [2.05, 4.69) is 33.0 Å². The van der Waals surface area contributed by atoms with E-state index in [1.54, 1.807) is 12.1 Å². The molecule has 0 atom stereocenters. The number of para-hydroxylation sites is 1. The molecule has 5 heteroatoms. The monoisotopic (exact) mass is 388 g/mol. The quantitative estimate of drug-likeness (QED) is 0.638. The highest BCUT2D eigenvalue weighted by molar-refractivity contribution is 9.10. The van der Waals surface area contributed by atoms with Crippen LogP contribution in [-0.4, -0.2) is 22.3 Å². The smallest absolute Gasteiger partial charge is 0.255 e. The van der Waals surface area contributed by atoms with Gasteiger partial charge in [-0.3, -0.25) is 4.79 Å². The third kappa shape index (κ3) is 2.56. The Balaban J connectivity index is 1.68. The molecule has 116 valence electrons. The van der Waals surface area contributed by atoms with Gasteiger partial charge in [0.25, 0.3) is 5.91 Å². The minimum absolute atomic E-state index is 0.0153. The molecule has 0 saturated carbocycles. The van der Waals surface area contributed by atoms with Crippen LogP contribution in [0.5, 0.6) is 0 Å². The van der Waals surface area contributed by atoms with Crippen LogP contribution >= 0.6 is 27.5 Å². The minimum atomic E-state index is -0.0153. The van der Waals surface area contributed by atoms with Crippen molar-refractivity contribution in [1.82, 2.24) is 9.88 Å². The van der Waals surface area contributed by atoms with E-state index in [1.807, 2.05) is 23.1 Å². The Kier molecular flexibility index (Phi) is 3.66. The molecule has 1 aliphatic heterocycles. The van der Waals surface area contributed by atoms with Gasteiger partial charge >= 0.3 is 0 Å². The van der Waals surface area contributed by atoms with Gasteiger partial charge < -0.3 is 9.88 Å². The predicted molar refractivity (Wildman–Crippen MR) is 95.9 cm³/mol. The lowest BCUT2D eigenvalue weighted by molar-refractivity contribution is 0.0735. The largest absolute Gasteiger partial charge is 0.358 e. The highest BCUT2D eigenvalue weighted by Crippen LogP contribution is 2.29. The summed E-state index contributed by atoms with van der Waals surface area (Å²) in [7, 11) is 0. The zero-order valence-corrected chi connectivity index (χ0v) is 14.6. The van der Waals surface area contributed by atoms with Gasteiger partial charge in [0.1, 0.15) is 0 Å². The summed E-state index contributed by atoms with van der Waals surface area (Å²) < 4.78 is 0.872. The van der Waals surface area contributed by atoms with Crippen LogP contribution in [0.15, 0.2) is 46.9 Å². The maximum atomic E-state index is 12.8. The third-order valence-electron chi connectivity index (χ3n) is 4.33. The molecule has 0 unspecified atom stereocenters. The fraction of sp³-hybridized carbons (Fsp3) is 0.167. The summed E-state index contributed by atoms with van der Waals surface area (Å²) >= 11 is 9.61. The van der Waals surface area contributed by atoms with E-state index < -0.39 is 0 Å². The zero-order valence-electron chi connectivity index (χ0n) is 12.3. The Labute approximate surface area is 147 Å². The van der Waals surface area contributed by atoms with E-state index >= 15 is 0 Å². The van der Waals surface area contributed by atoms with Gasteiger partial charge in [-0.1, -0.05) is 45.7 Å². The van der Waals surface area contributed by atoms with Crippen molar-refractivity contribution in [3.8, 4) is 0 Å². The van der Waals surface area contributed by atoms with Gasteiger partial charge in [0, 0.05) is 46.1 Å². The van der Waals surface area contributed by atoms with Crippen LogP contribution in [0.25, 0.3) is 10.9 Å². The van der Waals surface area contributed by atoms with Crippen LogP contribution in [0.3, 0.4) is 0 Å². The Morgan fingerprint density at radius 1 is 1.22 bits per heavy atom. The number of hydrogen-bond donors (Lipinski definition) is 1. The Bertz CT molecular complexity index is 919. The molecule has 0 radical (unpaired) electrons. The van der Waals surface area contributed by atoms with Gasteiger partial charge in [0.15, 0.2) is 0 Å². The number of fused-ring (bicyclic) bond motifs is 3. The zero-order chi connectivity index (χ0) is 16.0. The van der Waals surface area contributed by atoms with Crippen LogP contribution in [0.1, 0.15) is 21.6 Å². The molecule has 1 amide bonds. The molecule has 2 aromatic carbocycles. The third-order valence-corrected chi connectivity index (χ3v) is 5.14. The number of rotatable bonds is 1. The molecule has 3 nitrogen and oxygen atoms in total. The number of benzene rings is 2. The van der Waals surface area contributed by atoms with E-state index in [1.165, 1.54) is 16.6 Å². The van der Waals surface area contributed by atoms with Crippen LogP contribution in [0, 0.1) is 0 Å². The maximum Gasteiger partial charge on any atom is 0.255 e. The average Bonchev–Trinajstić information content (AvgIpc) is 2.92. The number of amides is 1. The highest BCUT2D eigenvalue weighted by atomic mass is 79.9. The second-order valence-corrected chi connectivity index (χ2v) is 7.05. The SMILES string of the molecule is O=C(c1ccc(Br)cc1Cl)N1CCc2[nH]c3ccccc3c2C1. The van der Waals surface area contributed by atoms with E-state index in [4.69, 9.17) is 11.6 Å². The maximum absolute atomic E-state index is 12.8. The Hall–Kier alpha value is -1.78. The second kappa shape index (κ2) is 5.69. The lowest BCUT2D eigenvalue weighted by Gasteiger charge is -2.27. The predicted octanol–water partition coefficient (Wildman–Crippen LogP) is 4.78. The van der Waals surface area contributed by atoms with Gasteiger partial charge in [-0.15, -0.1) is 0 Å². The molecule has 0 saturated heterocycles. The van der Waals surface area contributed by atoms with Gasteiger partial charge in [-0.2, -0.15) is 0 Å². The van der Waals surface area contributed by atoms with Crippen molar-refractivity contribution < 1.29 is 4.79 Å². The van der Waals surface area contributed by atoms with Crippen LogP contribution in [0.4, 0.5) is 0 Å². The number of hydrogen-bond acceptors (Lipinski definition) is 1. The minimum Gasteiger partial charge on any atom is -0.358 e. The first kappa shape index (κ1) is 14.8. The number of carbonyl (C=O) groups excluding carboxylic acids is 1. The Morgan fingerprint density at radius 2 is 2.04 bits per heavy atom. The molecule has 0 fully saturated rings. The molecule has 1 N–H and O–H groups in total. The number of H-pyrrole nitrogens is 1. The van der Waals surface area contributed by atoms with E-state index in [0.29, 0.717) is 23.7 Å². The average molecular weight is 390 g/mol. The summed E-state index contributed by atoms with van der Waals surface area (Å²) in [5.41, 5.74) is 4.14. The summed E-state index contributed by atoms with van der Waals surface area (Å²) in [6, 6.07) is 13.6. The van der Waals surface area contributed by atoms with Crippen molar-refractivity contribution in [2.75, 3.05) is 6.54 Å². The van der Waals surface area contributed by atoms with Crippen molar-refractivity contribution in [3.05, 3.63) is 68.8 Å². The topological polar surface area (TPSA) is 36.1 Å². The van der Waals surface area contributed by atoms with Crippen LogP contribution in [0.2, 0.25) is 5.02 Å². The molecule has 3 aromatic rings. The number of halogens is 2. The van der Waals surface area contributed by atoms with Crippen molar-refractivity contribution in [1.29, 1.82) is 0 Å². The number of nitrogens with zero attached hydrogens (tertiary/aromatic N) is 1. The molecule has 0 spiro atoms. The first-order valence-corrected chi connectivity index (χ1v) is 8.63. The molecule has 23 heavy (non-hydrogen) atoms. The number of aromatic amines is 1. The number of nitrogens with one attached hydrogen (secondary N) is 1. The van der Waals surface area contributed by atoms with Gasteiger partial charge in [0.2, 0.25) is 0 Å². The van der Waals surface area contributed by atoms with Gasteiger partial charge in [-0.05, 0) is 24.3 Å². The van der Waals surface area contributed by atoms with Gasteiger partial charge in [0.05, 0.1) is 10.6 Å². The normalized spacial score (nSPS) is 14.1. The van der Waals surface area contributed by atoms with E-state index in [9.17, 15) is 4.79 Å². The molecule has 2 heterocycles. The summed E-state index contributed by atoms with van der Waals surface area (Å²) in [5.74, 6) is -0.0153. The summed E-state index contributed by atoms with van der Waals surface area (Å²) in [5, 5.41) is 1.68. The van der Waals surface area contributed by atoms with Crippen molar-refractivity contribution in [2.24, 2.45) is 0 Å². The highest BCUT2D eigenvalue weighted by Gasteiger charge is 2.25. The fourth-order valence-corrected chi connectivity index (χ4v) is 3.93. The molecule has 4 rings (SSSR count). The molecule has 1 aliphatic rings. The van der Waals surface area contributed by atoms with Crippen molar-refractivity contribution in [3.63, 3.8) is 0 Å². The molecule has 1 aromatic heterocycles. The second-order valence-electron chi connectivity index (χ2n) is 5.73. The molecular weight excluding hydrogens is 376 g/mol. The molecule has 0 bridgehead atoms. The molecule has 0 aliphatic carbocycles. The summed E-state index contributed by atoms with van der Waals surface area (Å²) in [4.78, 5) is 18.2. The summed E-state index contributed by atoms with van der Waals surface area (Å²) in [6.45, 7) is 1.32. The van der Waals surface area contributed by atoms with Crippen LogP contribution < -0.4 is 0 Å². The number of aromatic nitrogens is 1. The van der Waals surface area contributed by atoms with Crippen molar-refractivity contribution in [2.45, 2.75) is 13.0 Å². The standard InChI is InChI=1S/C18H14BrClN2O/c19-11-5-6-13(15(20)9-11)18(23)22-8-7-17-14(10-22)12-3-1-2-4-16(12)21-17/h1-6,9,21H,7-8,10H2. The first-order valence-electron chi connectivity index (χ1n) is 7.46. The lowest BCUT2D eigenvalue weighted by atomic mass is 10.0. The van der Waals surface area contributed by atoms with Crippen LogP contribution in [-0.2, 0) is 13.0 Å². The van der Waals surface area contributed by atoms with E-state index in [0.717, 1.165) is 16.4 Å². The first-order chi connectivity index (χ1) is 11.1. The Morgan fingerprint density at radius 3 is 2.87 bits per heavy atom. The van der Waals surface area contributed by atoms with E-state index in [-0.39, 0.29) is 5.91 Å². The summed E-state index contributed by atoms with van der Waals surface area (Å²) in [6.07, 6.45) is 0.837.